The molecule has 7 heteroatoms. The molecule has 21 heavy (non-hydrogen) atoms. The third-order valence-corrected chi connectivity index (χ3v) is 5.10. The first kappa shape index (κ1) is 14.2. The molecule has 112 valence electrons. The normalized spacial score (nSPS) is 16.9. The van der Waals surface area contributed by atoms with Crippen LogP contribution in [0.15, 0.2) is 41.6 Å². The van der Waals surface area contributed by atoms with Gasteiger partial charge in [-0.1, -0.05) is 24.3 Å². The second kappa shape index (κ2) is 4.94. The van der Waals surface area contributed by atoms with Gasteiger partial charge in [0.25, 0.3) is 0 Å². The van der Waals surface area contributed by atoms with E-state index >= 15 is 0 Å². The molecule has 0 atom stereocenters. The molecular formula is C14H17N3O3S. The zero-order valence-corrected chi connectivity index (χ0v) is 12.5. The Balaban J connectivity index is 1.71. The Hall–Kier alpha value is -1.70. The minimum absolute atomic E-state index is 0.0150. The minimum atomic E-state index is -3.65. The van der Waals surface area contributed by atoms with Gasteiger partial charge in [-0.25, -0.2) is 13.1 Å². The molecule has 0 saturated carbocycles. The predicted molar refractivity (Wildman–Crippen MR) is 77.2 cm³/mol. The van der Waals surface area contributed by atoms with Crippen molar-refractivity contribution >= 4 is 10.0 Å². The number of hydrogen-bond donors (Lipinski definition) is 2. The molecule has 0 fully saturated rings. The zero-order chi connectivity index (χ0) is 15.1. The number of nitrogens with zero attached hydrogens (tertiary/aromatic N) is 2. The molecule has 1 aromatic heterocycles. The maximum absolute atomic E-state index is 12.1. The Bertz CT molecular complexity index is 742. The first-order valence-corrected chi connectivity index (χ1v) is 8.14. The van der Waals surface area contributed by atoms with E-state index in [1.54, 1.807) is 7.05 Å². The van der Waals surface area contributed by atoms with Gasteiger partial charge in [-0.05, 0) is 11.1 Å². The van der Waals surface area contributed by atoms with Gasteiger partial charge in [-0.3, -0.25) is 4.68 Å². The van der Waals surface area contributed by atoms with Crippen molar-refractivity contribution in [2.45, 2.75) is 23.3 Å². The largest absolute Gasteiger partial charge is 0.388 e. The van der Waals surface area contributed by atoms with Gasteiger partial charge in [-0.2, -0.15) is 5.10 Å². The Morgan fingerprint density at radius 1 is 1.33 bits per heavy atom. The molecule has 0 bridgehead atoms. The van der Waals surface area contributed by atoms with Crippen LogP contribution in [0.3, 0.4) is 0 Å². The summed E-state index contributed by atoms with van der Waals surface area (Å²) < 4.78 is 28.2. The van der Waals surface area contributed by atoms with Crippen LogP contribution in [-0.4, -0.2) is 35.5 Å². The highest BCUT2D eigenvalue weighted by atomic mass is 32.2. The molecule has 3 rings (SSSR count). The number of fused-ring (bicyclic) bond motifs is 1. The summed E-state index contributed by atoms with van der Waals surface area (Å²) in [5.41, 5.74) is 1.07. The maximum Gasteiger partial charge on any atom is 0.243 e. The number of benzene rings is 1. The van der Waals surface area contributed by atoms with E-state index in [2.05, 4.69) is 9.82 Å². The highest BCUT2D eigenvalue weighted by Gasteiger charge is 2.36. The minimum Gasteiger partial charge on any atom is -0.388 e. The smallest absolute Gasteiger partial charge is 0.243 e. The SMILES string of the molecule is Cn1cc(S(=O)(=O)NCC2(O)Cc3ccccc3C2)cn1. The number of nitrogens with one attached hydrogen (secondary N) is 1. The lowest BCUT2D eigenvalue weighted by Crippen LogP contribution is -2.43. The Labute approximate surface area is 123 Å². The van der Waals surface area contributed by atoms with Crippen molar-refractivity contribution in [1.82, 2.24) is 14.5 Å². The van der Waals surface area contributed by atoms with Crippen molar-refractivity contribution in [3.63, 3.8) is 0 Å². The van der Waals surface area contributed by atoms with Gasteiger partial charge in [0.2, 0.25) is 10.0 Å². The summed E-state index contributed by atoms with van der Waals surface area (Å²) >= 11 is 0. The second-order valence-corrected chi connectivity index (χ2v) is 7.29. The van der Waals surface area contributed by atoms with Crippen molar-refractivity contribution in [2.75, 3.05) is 6.54 Å². The molecule has 2 aromatic rings. The van der Waals surface area contributed by atoms with Crippen LogP contribution in [0.25, 0.3) is 0 Å². The summed E-state index contributed by atoms with van der Waals surface area (Å²) in [6.07, 6.45) is 3.63. The fourth-order valence-electron chi connectivity index (χ4n) is 2.65. The van der Waals surface area contributed by atoms with Gasteiger partial charge in [0.05, 0.1) is 11.8 Å². The van der Waals surface area contributed by atoms with Gasteiger partial charge >= 0.3 is 0 Å². The maximum atomic E-state index is 12.1. The summed E-state index contributed by atoms with van der Waals surface area (Å²) in [6, 6.07) is 7.76. The Kier molecular flexibility index (Phi) is 3.35. The van der Waals surface area contributed by atoms with Crippen molar-refractivity contribution in [2.24, 2.45) is 7.05 Å². The number of aromatic nitrogens is 2. The van der Waals surface area contributed by atoms with Gasteiger partial charge in [-0.15, -0.1) is 0 Å². The van der Waals surface area contributed by atoms with Gasteiger partial charge < -0.3 is 5.11 Å². The number of aryl methyl sites for hydroxylation is 1. The van der Waals surface area contributed by atoms with E-state index in [0.717, 1.165) is 11.1 Å². The predicted octanol–water partition coefficient (Wildman–Crippen LogP) is 0.228. The van der Waals surface area contributed by atoms with Crippen molar-refractivity contribution < 1.29 is 13.5 Å². The molecule has 1 heterocycles. The molecule has 0 amide bonds. The van der Waals surface area contributed by atoms with Gasteiger partial charge in [0, 0.05) is 32.6 Å². The van der Waals surface area contributed by atoms with Crippen LogP contribution < -0.4 is 4.72 Å². The van der Waals surface area contributed by atoms with E-state index in [0.29, 0.717) is 12.8 Å². The lowest BCUT2D eigenvalue weighted by molar-refractivity contribution is 0.0567. The van der Waals surface area contributed by atoms with Crippen LogP contribution in [0.1, 0.15) is 11.1 Å². The highest BCUT2D eigenvalue weighted by Crippen LogP contribution is 2.29. The summed E-state index contributed by atoms with van der Waals surface area (Å²) in [5, 5.41) is 14.4. The van der Waals surface area contributed by atoms with Crippen molar-refractivity contribution in [3.05, 3.63) is 47.8 Å². The van der Waals surface area contributed by atoms with E-state index < -0.39 is 15.6 Å². The summed E-state index contributed by atoms with van der Waals surface area (Å²) in [7, 11) is -1.99. The number of sulfonamides is 1. The fourth-order valence-corrected chi connectivity index (χ4v) is 3.75. The van der Waals surface area contributed by atoms with E-state index in [1.807, 2.05) is 24.3 Å². The average Bonchev–Trinajstić information content (AvgIpc) is 3.00. The van der Waals surface area contributed by atoms with Gasteiger partial charge in [0.1, 0.15) is 4.90 Å². The molecule has 1 aromatic carbocycles. The Morgan fingerprint density at radius 2 is 1.95 bits per heavy atom. The van der Waals surface area contributed by atoms with E-state index in [4.69, 9.17) is 0 Å². The highest BCUT2D eigenvalue weighted by molar-refractivity contribution is 7.89. The monoisotopic (exact) mass is 307 g/mol. The molecule has 0 saturated heterocycles. The summed E-state index contributed by atoms with van der Waals surface area (Å²) in [5.74, 6) is 0. The lowest BCUT2D eigenvalue weighted by atomic mass is 10.0. The summed E-state index contributed by atoms with van der Waals surface area (Å²) in [4.78, 5) is 0.101. The number of rotatable bonds is 4. The van der Waals surface area contributed by atoms with Crippen LogP contribution in [0, 0.1) is 0 Å². The molecule has 2 N–H and O–H groups in total. The number of aliphatic hydroxyl groups is 1. The average molecular weight is 307 g/mol. The molecule has 1 aliphatic rings. The third kappa shape index (κ3) is 2.85. The number of hydrogen-bond acceptors (Lipinski definition) is 4. The molecular weight excluding hydrogens is 290 g/mol. The van der Waals surface area contributed by atoms with Gasteiger partial charge in [0.15, 0.2) is 0 Å². The molecule has 0 spiro atoms. The van der Waals surface area contributed by atoms with Crippen LogP contribution in [0.4, 0.5) is 0 Å². The van der Waals surface area contributed by atoms with Crippen molar-refractivity contribution in [1.29, 1.82) is 0 Å². The zero-order valence-electron chi connectivity index (χ0n) is 11.7. The van der Waals surface area contributed by atoms with E-state index in [1.165, 1.54) is 17.1 Å². The standard InChI is InChI=1S/C14H17N3O3S/c1-17-9-13(8-15-17)21(19,20)16-10-14(18)6-11-4-2-3-5-12(11)7-14/h2-5,8-9,16,18H,6-7,10H2,1H3. The molecule has 0 unspecified atom stereocenters. The van der Waals surface area contributed by atoms with Crippen molar-refractivity contribution in [3.8, 4) is 0 Å². The van der Waals surface area contributed by atoms with Crippen LogP contribution in [0.5, 0.6) is 0 Å². The third-order valence-electron chi connectivity index (χ3n) is 3.74. The van der Waals surface area contributed by atoms with E-state index in [-0.39, 0.29) is 11.4 Å². The lowest BCUT2D eigenvalue weighted by Gasteiger charge is -2.22. The summed E-state index contributed by atoms with van der Waals surface area (Å²) in [6.45, 7) is -0.0150. The first-order valence-electron chi connectivity index (χ1n) is 6.65. The van der Waals surface area contributed by atoms with Crippen LogP contribution in [-0.2, 0) is 29.9 Å². The topological polar surface area (TPSA) is 84.2 Å². The van der Waals surface area contributed by atoms with Crippen LogP contribution in [0.2, 0.25) is 0 Å². The molecule has 1 aliphatic carbocycles. The van der Waals surface area contributed by atoms with E-state index in [9.17, 15) is 13.5 Å². The quantitative estimate of drug-likeness (QED) is 0.847. The molecule has 0 aliphatic heterocycles. The fraction of sp³-hybridized carbons (Fsp3) is 0.357. The Morgan fingerprint density at radius 3 is 2.48 bits per heavy atom. The molecule has 6 nitrogen and oxygen atoms in total. The molecule has 0 radical (unpaired) electrons. The van der Waals surface area contributed by atoms with Crippen LogP contribution >= 0.6 is 0 Å². The first-order chi connectivity index (χ1) is 9.88. The second-order valence-electron chi connectivity index (χ2n) is 5.52.